The first kappa shape index (κ1) is 16.2. The number of hydrogen-bond donors (Lipinski definition) is 1. The molecule has 138 valence electrons. The molecule has 0 bridgehead atoms. The van der Waals surface area contributed by atoms with Crippen LogP contribution in [-0.2, 0) is 11.3 Å². The fourth-order valence-electron chi connectivity index (χ4n) is 4.03. The second-order valence-corrected chi connectivity index (χ2v) is 7.27. The van der Waals surface area contributed by atoms with Gasteiger partial charge in [0.15, 0.2) is 11.5 Å². The zero-order valence-corrected chi connectivity index (χ0v) is 15.2. The Balaban J connectivity index is 1.33. The van der Waals surface area contributed by atoms with Gasteiger partial charge in [-0.1, -0.05) is 12.1 Å². The van der Waals surface area contributed by atoms with E-state index < -0.39 is 5.79 Å². The molecule has 1 N–H and O–H groups in total. The highest BCUT2D eigenvalue weighted by Gasteiger charge is 2.44. The van der Waals surface area contributed by atoms with Crippen LogP contribution >= 0.6 is 0 Å². The fraction of sp³-hybridized carbons (Fsp3) is 0.333. The zero-order chi connectivity index (χ0) is 18.4. The third kappa shape index (κ3) is 2.81. The van der Waals surface area contributed by atoms with Gasteiger partial charge in [-0.2, -0.15) is 0 Å². The van der Waals surface area contributed by atoms with Crippen LogP contribution in [0.2, 0.25) is 0 Å². The molecule has 0 saturated heterocycles. The van der Waals surface area contributed by atoms with E-state index in [1.807, 2.05) is 54.0 Å². The van der Waals surface area contributed by atoms with Crippen LogP contribution in [0.15, 0.2) is 42.5 Å². The van der Waals surface area contributed by atoms with Crippen LogP contribution in [0, 0.1) is 6.92 Å². The number of rotatable bonds is 3. The zero-order valence-electron chi connectivity index (χ0n) is 15.2. The highest BCUT2D eigenvalue weighted by molar-refractivity contribution is 5.92. The topological polar surface area (TPSA) is 65.4 Å². The van der Waals surface area contributed by atoms with E-state index in [1.54, 1.807) is 0 Å². The molecule has 3 aromatic rings. The first-order valence-electron chi connectivity index (χ1n) is 9.36. The van der Waals surface area contributed by atoms with E-state index in [-0.39, 0.29) is 12.5 Å². The van der Waals surface area contributed by atoms with Gasteiger partial charge < -0.3 is 19.4 Å². The van der Waals surface area contributed by atoms with Gasteiger partial charge in [0.25, 0.3) is 5.79 Å². The molecule has 6 nitrogen and oxygen atoms in total. The van der Waals surface area contributed by atoms with E-state index in [0.29, 0.717) is 11.4 Å². The average Bonchev–Trinajstić information content (AvgIpc) is 3.33. The summed E-state index contributed by atoms with van der Waals surface area (Å²) in [6.07, 6.45) is 4.07. The van der Waals surface area contributed by atoms with Gasteiger partial charge in [-0.3, -0.25) is 4.79 Å². The van der Waals surface area contributed by atoms with Gasteiger partial charge in [-0.25, -0.2) is 4.98 Å². The number of hydrogen-bond acceptors (Lipinski definition) is 4. The van der Waals surface area contributed by atoms with E-state index in [0.717, 1.165) is 48.3 Å². The summed E-state index contributed by atoms with van der Waals surface area (Å²) in [4.78, 5) is 17.1. The molecule has 6 heteroatoms. The Morgan fingerprint density at radius 2 is 1.93 bits per heavy atom. The van der Waals surface area contributed by atoms with Crippen molar-refractivity contribution in [2.45, 2.75) is 44.9 Å². The summed E-state index contributed by atoms with van der Waals surface area (Å²) in [7, 11) is 0. The molecule has 0 radical (unpaired) electrons. The van der Waals surface area contributed by atoms with Gasteiger partial charge in [0.05, 0.1) is 11.0 Å². The number of aromatic nitrogens is 2. The van der Waals surface area contributed by atoms with E-state index in [4.69, 9.17) is 9.47 Å². The maximum Gasteiger partial charge on any atom is 0.251 e. The number of carbonyl (C=O) groups is 1. The molecule has 1 spiro atoms. The molecule has 1 amide bonds. The van der Waals surface area contributed by atoms with Crippen LogP contribution in [0.1, 0.15) is 31.5 Å². The van der Waals surface area contributed by atoms with Crippen molar-refractivity contribution in [3.8, 4) is 11.5 Å². The molecular weight excluding hydrogens is 342 g/mol. The largest absolute Gasteiger partial charge is 0.448 e. The highest BCUT2D eigenvalue weighted by atomic mass is 16.7. The smallest absolute Gasteiger partial charge is 0.251 e. The molecule has 1 aliphatic heterocycles. The molecule has 2 aliphatic rings. The summed E-state index contributed by atoms with van der Waals surface area (Å²) >= 11 is 0. The minimum Gasteiger partial charge on any atom is -0.448 e. The van der Waals surface area contributed by atoms with Crippen molar-refractivity contribution in [1.82, 2.24) is 9.55 Å². The van der Waals surface area contributed by atoms with Gasteiger partial charge in [0.2, 0.25) is 5.91 Å². The molecule has 1 fully saturated rings. The first-order valence-corrected chi connectivity index (χ1v) is 9.36. The van der Waals surface area contributed by atoms with Crippen LogP contribution < -0.4 is 14.8 Å². The van der Waals surface area contributed by atoms with E-state index in [1.165, 1.54) is 0 Å². The van der Waals surface area contributed by atoms with Crippen molar-refractivity contribution in [2.75, 3.05) is 5.32 Å². The summed E-state index contributed by atoms with van der Waals surface area (Å²) in [6.45, 7) is 2.12. The van der Waals surface area contributed by atoms with Crippen LogP contribution in [0.3, 0.4) is 0 Å². The lowest BCUT2D eigenvalue weighted by atomic mass is 10.2. The van der Waals surface area contributed by atoms with Gasteiger partial charge in [0, 0.05) is 24.6 Å². The summed E-state index contributed by atoms with van der Waals surface area (Å²) in [5, 5.41) is 2.96. The van der Waals surface area contributed by atoms with Crippen LogP contribution in [0.5, 0.6) is 11.5 Å². The van der Waals surface area contributed by atoms with Gasteiger partial charge in [0.1, 0.15) is 12.4 Å². The minimum absolute atomic E-state index is 0.101. The van der Waals surface area contributed by atoms with Crippen LogP contribution in [0.4, 0.5) is 5.69 Å². The Morgan fingerprint density at radius 1 is 1.15 bits per heavy atom. The number of nitrogens with one attached hydrogen (secondary N) is 1. The summed E-state index contributed by atoms with van der Waals surface area (Å²) < 4.78 is 14.0. The molecule has 1 aromatic heterocycles. The molecule has 5 rings (SSSR count). The van der Waals surface area contributed by atoms with Gasteiger partial charge >= 0.3 is 0 Å². The number of fused-ring (bicyclic) bond motifs is 2. The second-order valence-electron chi connectivity index (χ2n) is 7.27. The number of aryl methyl sites for hydroxylation is 1. The van der Waals surface area contributed by atoms with E-state index >= 15 is 0 Å². The molecule has 0 unspecified atom stereocenters. The normalized spacial score (nSPS) is 16.9. The highest BCUT2D eigenvalue weighted by Crippen LogP contribution is 2.47. The number of carbonyl (C=O) groups excluding carboxylic acids is 1. The Bertz CT molecular complexity index is 1030. The van der Waals surface area contributed by atoms with Crippen molar-refractivity contribution in [1.29, 1.82) is 0 Å². The lowest BCUT2D eigenvalue weighted by molar-refractivity contribution is -0.116. The van der Waals surface area contributed by atoms with E-state index in [2.05, 4.69) is 10.3 Å². The third-order valence-corrected chi connectivity index (χ3v) is 5.33. The molecule has 2 heterocycles. The number of benzene rings is 2. The lowest BCUT2D eigenvalue weighted by Crippen LogP contribution is -2.34. The molecule has 1 saturated carbocycles. The van der Waals surface area contributed by atoms with Crippen molar-refractivity contribution in [3.63, 3.8) is 0 Å². The summed E-state index contributed by atoms with van der Waals surface area (Å²) in [5.41, 5.74) is 2.56. The molecule has 27 heavy (non-hydrogen) atoms. The maximum atomic E-state index is 12.6. The monoisotopic (exact) mass is 363 g/mol. The Labute approximate surface area is 157 Å². The van der Waals surface area contributed by atoms with Gasteiger partial charge in [-0.15, -0.1) is 0 Å². The number of para-hydroxylation sites is 2. The number of ether oxygens (including phenoxy) is 2. The Kier molecular flexibility index (Phi) is 3.60. The second kappa shape index (κ2) is 6.01. The molecular formula is C21H21N3O3. The number of amides is 1. The predicted octanol–water partition coefficient (Wildman–Crippen LogP) is 4.02. The SMILES string of the molecule is Cc1nc2ccccc2n1CC(=O)Nc1ccc2c(c1)OC1(CCCC1)O2. The minimum atomic E-state index is -0.488. The molecule has 1 aliphatic carbocycles. The summed E-state index contributed by atoms with van der Waals surface area (Å²) in [6, 6.07) is 13.4. The predicted molar refractivity (Wildman–Crippen MR) is 102 cm³/mol. The van der Waals surface area contributed by atoms with Crippen molar-refractivity contribution < 1.29 is 14.3 Å². The number of imidazole rings is 1. The average molecular weight is 363 g/mol. The number of nitrogens with zero attached hydrogens (tertiary/aromatic N) is 2. The first-order chi connectivity index (χ1) is 13.1. The van der Waals surface area contributed by atoms with Crippen molar-refractivity contribution in [3.05, 3.63) is 48.3 Å². The Hall–Kier alpha value is -3.02. The maximum absolute atomic E-state index is 12.6. The van der Waals surface area contributed by atoms with Gasteiger partial charge in [-0.05, 0) is 44.0 Å². The standard InChI is InChI=1S/C21H21N3O3/c1-14-22-16-6-2-3-7-17(16)24(14)13-20(25)23-15-8-9-18-19(12-15)27-21(26-18)10-4-5-11-21/h2-3,6-9,12H,4-5,10-11,13H2,1H3,(H,23,25). The van der Waals surface area contributed by atoms with E-state index in [9.17, 15) is 4.79 Å². The molecule has 2 aromatic carbocycles. The van der Waals surface area contributed by atoms with Crippen LogP contribution in [0.25, 0.3) is 11.0 Å². The van der Waals surface area contributed by atoms with Crippen molar-refractivity contribution in [2.24, 2.45) is 0 Å². The summed E-state index contributed by atoms with van der Waals surface area (Å²) in [5.74, 6) is 1.69. The quantitative estimate of drug-likeness (QED) is 0.763. The van der Waals surface area contributed by atoms with Crippen LogP contribution in [-0.4, -0.2) is 21.2 Å². The molecule has 0 atom stereocenters. The van der Waals surface area contributed by atoms with Crippen molar-refractivity contribution >= 4 is 22.6 Å². The third-order valence-electron chi connectivity index (χ3n) is 5.33. The number of anilines is 1. The Morgan fingerprint density at radius 3 is 2.78 bits per heavy atom. The fourth-order valence-corrected chi connectivity index (χ4v) is 4.03. The lowest BCUT2D eigenvalue weighted by Gasteiger charge is -2.21.